The topological polar surface area (TPSA) is 29.0 Å². The summed E-state index contributed by atoms with van der Waals surface area (Å²) in [4.78, 5) is 11.1. The second kappa shape index (κ2) is 4.60. The Morgan fingerprint density at radius 1 is 1.33 bits per heavy atom. The number of nitrogens with zero attached hydrogens (tertiary/aromatic N) is 3. The third kappa shape index (κ3) is 2.28. The lowest BCUT2D eigenvalue weighted by Crippen LogP contribution is -2.21. The summed E-state index contributed by atoms with van der Waals surface area (Å²) >= 11 is 0. The highest BCUT2D eigenvalue weighted by Crippen LogP contribution is 2.22. The average molecular weight is 205 g/mol. The summed E-state index contributed by atoms with van der Waals surface area (Å²) in [6.45, 7) is 6.63. The summed E-state index contributed by atoms with van der Waals surface area (Å²) in [5.41, 5.74) is 1.21. The fourth-order valence-corrected chi connectivity index (χ4v) is 2.04. The predicted octanol–water partition coefficient (Wildman–Crippen LogP) is 2.28. The SMILES string of the molecule is CCc1cnc(N2CC[C@H](CC)C2)nc1. The number of aromatic nitrogens is 2. The van der Waals surface area contributed by atoms with E-state index in [4.69, 9.17) is 0 Å². The van der Waals surface area contributed by atoms with Gasteiger partial charge in [-0.1, -0.05) is 20.3 Å². The van der Waals surface area contributed by atoms with Crippen LogP contribution in [0.4, 0.5) is 5.95 Å². The molecule has 2 heterocycles. The lowest BCUT2D eigenvalue weighted by molar-refractivity contribution is 0.568. The van der Waals surface area contributed by atoms with Crippen molar-refractivity contribution in [1.29, 1.82) is 0 Å². The Balaban J connectivity index is 2.04. The van der Waals surface area contributed by atoms with E-state index in [1.165, 1.54) is 18.4 Å². The van der Waals surface area contributed by atoms with Crippen LogP contribution >= 0.6 is 0 Å². The van der Waals surface area contributed by atoms with Crippen LogP contribution in [-0.2, 0) is 6.42 Å². The number of rotatable bonds is 3. The summed E-state index contributed by atoms with van der Waals surface area (Å²) in [7, 11) is 0. The van der Waals surface area contributed by atoms with Crippen LogP contribution in [0, 0.1) is 5.92 Å². The van der Waals surface area contributed by atoms with E-state index in [-0.39, 0.29) is 0 Å². The summed E-state index contributed by atoms with van der Waals surface area (Å²) < 4.78 is 0. The van der Waals surface area contributed by atoms with Crippen molar-refractivity contribution in [2.75, 3.05) is 18.0 Å². The van der Waals surface area contributed by atoms with Crippen molar-refractivity contribution in [2.45, 2.75) is 33.1 Å². The molecular weight excluding hydrogens is 186 g/mol. The molecule has 0 aromatic carbocycles. The molecule has 0 unspecified atom stereocenters. The molecule has 0 amide bonds. The number of aryl methyl sites for hydroxylation is 1. The molecule has 1 aliphatic heterocycles. The zero-order chi connectivity index (χ0) is 10.7. The lowest BCUT2D eigenvalue weighted by atomic mass is 10.1. The van der Waals surface area contributed by atoms with Crippen molar-refractivity contribution in [3.63, 3.8) is 0 Å². The van der Waals surface area contributed by atoms with Crippen molar-refractivity contribution in [1.82, 2.24) is 9.97 Å². The van der Waals surface area contributed by atoms with E-state index >= 15 is 0 Å². The van der Waals surface area contributed by atoms with Crippen molar-refractivity contribution in [3.8, 4) is 0 Å². The van der Waals surface area contributed by atoms with E-state index in [9.17, 15) is 0 Å². The van der Waals surface area contributed by atoms with Crippen LogP contribution in [-0.4, -0.2) is 23.1 Å². The summed E-state index contributed by atoms with van der Waals surface area (Å²) in [5.74, 6) is 1.74. The molecule has 0 radical (unpaired) electrons. The van der Waals surface area contributed by atoms with Gasteiger partial charge in [-0.25, -0.2) is 9.97 Å². The average Bonchev–Trinajstić information content (AvgIpc) is 2.78. The molecule has 1 aromatic heterocycles. The highest BCUT2D eigenvalue weighted by Gasteiger charge is 2.22. The van der Waals surface area contributed by atoms with Gasteiger partial charge in [-0.2, -0.15) is 0 Å². The second-order valence-corrected chi connectivity index (χ2v) is 4.25. The molecule has 0 saturated carbocycles. The van der Waals surface area contributed by atoms with Crippen LogP contribution in [0.1, 0.15) is 32.3 Å². The van der Waals surface area contributed by atoms with Gasteiger partial charge in [0, 0.05) is 25.5 Å². The molecule has 15 heavy (non-hydrogen) atoms. The van der Waals surface area contributed by atoms with Gasteiger partial charge < -0.3 is 4.90 Å². The minimum Gasteiger partial charge on any atom is -0.341 e. The first-order valence-electron chi connectivity index (χ1n) is 5.89. The Morgan fingerprint density at radius 3 is 2.60 bits per heavy atom. The normalized spacial score (nSPS) is 20.9. The van der Waals surface area contributed by atoms with Crippen LogP contribution in [0.2, 0.25) is 0 Å². The van der Waals surface area contributed by atoms with Gasteiger partial charge in [-0.05, 0) is 24.3 Å². The quantitative estimate of drug-likeness (QED) is 0.758. The predicted molar refractivity (Wildman–Crippen MR) is 62.0 cm³/mol. The highest BCUT2D eigenvalue weighted by molar-refractivity contribution is 5.31. The molecule has 2 rings (SSSR count). The molecule has 1 aliphatic rings. The van der Waals surface area contributed by atoms with Crippen LogP contribution in [0.15, 0.2) is 12.4 Å². The van der Waals surface area contributed by atoms with Gasteiger partial charge in [0.1, 0.15) is 0 Å². The first-order chi connectivity index (χ1) is 7.33. The van der Waals surface area contributed by atoms with Gasteiger partial charge in [0.05, 0.1) is 0 Å². The van der Waals surface area contributed by atoms with Crippen molar-refractivity contribution in [2.24, 2.45) is 5.92 Å². The molecule has 1 saturated heterocycles. The minimum absolute atomic E-state index is 0.833. The Labute approximate surface area is 91.5 Å². The Kier molecular flexibility index (Phi) is 3.19. The maximum atomic E-state index is 4.42. The van der Waals surface area contributed by atoms with E-state index in [2.05, 4.69) is 28.7 Å². The van der Waals surface area contributed by atoms with Crippen LogP contribution in [0.3, 0.4) is 0 Å². The standard InChI is InChI=1S/C12H19N3/c1-3-10-5-6-15(9-10)12-13-7-11(4-2)8-14-12/h7-8,10H,3-6,9H2,1-2H3/t10-/m0/s1. The third-order valence-corrected chi connectivity index (χ3v) is 3.25. The second-order valence-electron chi connectivity index (χ2n) is 4.25. The highest BCUT2D eigenvalue weighted by atomic mass is 15.3. The maximum Gasteiger partial charge on any atom is 0.225 e. The number of hydrogen-bond acceptors (Lipinski definition) is 3. The molecule has 82 valence electrons. The Hall–Kier alpha value is -1.12. The Morgan fingerprint density at radius 2 is 2.07 bits per heavy atom. The Bertz CT molecular complexity index is 307. The van der Waals surface area contributed by atoms with E-state index in [1.54, 1.807) is 0 Å². The largest absolute Gasteiger partial charge is 0.341 e. The monoisotopic (exact) mass is 205 g/mol. The number of hydrogen-bond donors (Lipinski definition) is 0. The van der Waals surface area contributed by atoms with Gasteiger partial charge in [-0.3, -0.25) is 0 Å². The molecule has 3 nitrogen and oxygen atoms in total. The lowest BCUT2D eigenvalue weighted by Gasteiger charge is -2.15. The summed E-state index contributed by atoms with van der Waals surface area (Å²) in [6.07, 6.45) is 7.46. The van der Waals surface area contributed by atoms with Crippen molar-refractivity contribution < 1.29 is 0 Å². The van der Waals surface area contributed by atoms with Crippen molar-refractivity contribution >= 4 is 5.95 Å². The summed E-state index contributed by atoms with van der Waals surface area (Å²) in [5, 5.41) is 0. The molecule has 0 aliphatic carbocycles. The van der Waals surface area contributed by atoms with E-state index in [0.717, 1.165) is 31.4 Å². The maximum absolute atomic E-state index is 4.42. The molecule has 1 fully saturated rings. The van der Waals surface area contributed by atoms with Gasteiger partial charge in [0.15, 0.2) is 0 Å². The smallest absolute Gasteiger partial charge is 0.225 e. The summed E-state index contributed by atoms with van der Waals surface area (Å²) in [6, 6.07) is 0. The van der Waals surface area contributed by atoms with E-state index in [1.807, 2.05) is 12.4 Å². The van der Waals surface area contributed by atoms with Crippen LogP contribution in [0.25, 0.3) is 0 Å². The fraction of sp³-hybridized carbons (Fsp3) is 0.667. The fourth-order valence-electron chi connectivity index (χ4n) is 2.04. The molecule has 1 atom stereocenters. The zero-order valence-electron chi connectivity index (χ0n) is 9.61. The number of anilines is 1. The minimum atomic E-state index is 0.833. The molecule has 0 N–H and O–H groups in total. The molecular formula is C12H19N3. The first kappa shape index (κ1) is 10.4. The molecule has 0 spiro atoms. The van der Waals surface area contributed by atoms with Gasteiger partial charge in [0.2, 0.25) is 5.95 Å². The van der Waals surface area contributed by atoms with E-state index < -0.39 is 0 Å². The molecule has 0 bridgehead atoms. The van der Waals surface area contributed by atoms with Crippen LogP contribution < -0.4 is 4.90 Å². The van der Waals surface area contributed by atoms with Gasteiger partial charge >= 0.3 is 0 Å². The first-order valence-corrected chi connectivity index (χ1v) is 5.89. The molecule has 3 heteroatoms. The third-order valence-electron chi connectivity index (χ3n) is 3.25. The van der Waals surface area contributed by atoms with Gasteiger partial charge in [0.25, 0.3) is 0 Å². The molecule has 1 aromatic rings. The zero-order valence-corrected chi connectivity index (χ0v) is 9.61. The van der Waals surface area contributed by atoms with Crippen LogP contribution in [0.5, 0.6) is 0 Å². The van der Waals surface area contributed by atoms with Crippen molar-refractivity contribution in [3.05, 3.63) is 18.0 Å². The van der Waals surface area contributed by atoms with Gasteiger partial charge in [-0.15, -0.1) is 0 Å². The van der Waals surface area contributed by atoms with E-state index in [0.29, 0.717) is 0 Å².